The van der Waals surface area contributed by atoms with Gasteiger partial charge in [-0.1, -0.05) is 6.92 Å². The Labute approximate surface area is 104 Å². The third kappa shape index (κ3) is 2.60. The first-order chi connectivity index (χ1) is 8.35. The fraction of sp³-hybridized carbons (Fsp3) is 0.250. The summed E-state index contributed by atoms with van der Waals surface area (Å²) in [6.45, 7) is 2.08. The maximum Gasteiger partial charge on any atom is 0.144 e. The van der Waals surface area contributed by atoms with Crippen LogP contribution in [-0.2, 0) is 0 Å². The van der Waals surface area contributed by atoms with E-state index < -0.39 is 0 Å². The summed E-state index contributed by atoms with van der Waals surface area (Å²) >= 11 is 1.60. The van der Waals surface area contributed by atoms with Gasteiger partial charge in [-0.2, -0.15) is 5.26 Å². The first-order valence-corrected chi connectivity index (χ1v) is 6.24. The number of nitrogens with one attached hydrogen (secondary N) is 1. The molecule has 17 heavy (non-hydrogen) atoms. The van der Waals surface area contributed by atoms with Crippen LogP contribution in [0.4, 0.5) is 5.82 Å². The molecule has 0 aliphatic carbocycles. The number of hydrogen-bond donors (Lipinski definition) is 1. The number of pyridine rings is 1. The summed E-state index contributed by atoms with van der Waals surface area (Å²) in [5.41, 5.74) is 0.558. The molecule has 86 valence electrons. The number of rotatable bonds is 4. The van der Waals surface area contributed by atoms with Crippen LogP contribution in [0.1, 0.15) is 30.0 Å². The monoisotopic (exact) mass is 244 g/mol. The standard InChI is InChI=1S/C12H12N4S/c1-2-10(12-15-6-7-17-12)16-11-9(8-13)4-3-5-14-11/h3-7,10H,2H2,1H3,(H,14,16). The Bertz CT molecular complexity index is 516. The van der Waals surface area contributed by atoms with Gasteiger partial charge in [-0.05, 0) is 18.6 Å². The Balaban J connectivity index is 2.22. The lowest BCUT2D eigenvalue weighted by Gasteiger charge is -2.15. The number of hydrogen-bond acceptors (Lipinski definition) is 5. The lowest BCUT2D eigenvalue weighted by molar-refractivity contribution is 0.737. The van der Waals surface area contributed by atoms with Crippen LogP contribution in [0.15, 0.2) is 29.9 Å². The first kappa shape index (κ1) is 11.6. The van der Waals surface area contributed by atoms with Crippen LogP contribution in [0.5, 0.6) is 0 Å². The van der Waals surface area contributed by atoms with Gasteiger partial charge in [0.15, 0.2) is 0 Å². The molecule has 0 aromatic carbocycles. The number of nitriles is 1. The van der Waals surface area contributed by atoms with Gasteiger partial charge in [-0.15, -0.1) is 11.3 Å². The molecule has 4 nitrogen and oxygen atoms in total. The highest BCUT2D eigenvalue weighted by Gasteiger charge is 2.13. The van der Waals surface area contributed by atoms with Crippen LogP contribution >= 0.6 is 11.3 Å². The van der Waals surface area contributed by atoms with Crippen molar-refractivity contribution in [2.45, 2.75) is 19.4 Å². The van der Waals surface area contributed by atoms with Gasteiger partial charge in [0.1, 0.15) is 16.9 Å². The summed E-state index contributed by atoms with van der Waals surface area (Å²) in [6.07, 6.45) is 4.36. The van der Waals surface area contributed by atoms with E-state index in [4.69, 9.17) is 5.26 Å². The van der Waals surface area contributed by atoms with E-state index in [9.17, 15) is 0 Å². The summed E-state index contributed by atoms with van der Waals surface area (Å²) in [7, 11) is 0. The van der Waals surface area contributed by atoms with Crippen molar-refractivity contribution in [3.05, 3.63) is 40.5 Å². The average Bonchev–Trinajstić information content (AvgIpc) is 2.90. The Morgan fingerprint density at radius 2 is 2.35 bits per heavy atom. The highest BCUT2D eigenvalue weighted by molar-refractivity contribution is 7.09. The molecule has 0 saturated heterocycles. The number of thiazole rings is 1. The average molecular weight is 244 g/mol. The molecule has 0 amide bonds. The SMILES string of the molecule is CCC(Nc1ncccc1C#N)c1nccs1. The topological polar surface area (TPSA) is 61.6 Å². The van der Waals surface area contributed by atoms with Crippen molar-refractivity contribution in [3.8, 4) is 6.07 Å². The zero-order valence-electron chi connectivity index (χ0n) is 9.42. The molecule has 2 rings (SSSR count). The number of aromatic nitrogens is 2. The van der Waals surface area contributed by atoms with E-state index in [1.807, 2.05) is 5.38 Å². The van der Waals surface area contributed by atoms with Gasteiger partial charge in [-0.25, -0.2) is 9.97 Å². The normalized spacial score (nSPS) is 11.8. The van der Waals surface area contributed by atoms with Crippen molar-refractivity contribution < 1.29 is 0 Å². The molecule has 0 radical (unpaired) electrons. The minimum Gasteiger partial charge on any atom is -0.360 e. The van der Waals surface area contributed by atoms with Crippen LogP contribution < -0.4 is 5.32 Å². The van der Waals surface area contributed by atoms with E-state index in [0.717, 1.165) is 11.4 Å². The summed E-state index contributed by atoms with van der Waals surface area (Å²) < 4.78 is 0. The van der Waals surface area contributed by atoms with Gasteiger partial charge >= 0.3 is 0 Å². The molecule has 0 fully saturated rings. The van der Waals surface area contributed by atoms with Gasteiger partial charge in [0.05, 0.1) is 11.6 Å². The summed E-state index contributed by atoms with van der Waals surface area (Å²) in [4.78, 5) is 8.47. The highest BCUT2D eigenvalue weighted by atomic mass is 32.1. The lowest BCUT2D eigenvalue weighted by atomic mass is 10.2. The molecule has 1 N–H and O–H groups in total. The van der Waals surface area contributed by atoms with Crippen molar-refractivity contribution in [2.24, 2.45) is 0 Å². The molecule has 2 aromatic rings. The third-order valence-corrected chi connectivity index (χ3v) is 3.29. The molecule has 5 heteroatoms. The van der Waals surface area contributed by atoms with Gasteiger partial charge in [0, 0.05) is 17.8 Å². The smallest absolute Gasteiger partial charge is 0.144 e. The Morgan fingerprint density at radius 1 is 1.47 bits per heavy atom. The Kier molecular flexibility index (Phi) is 3.68. The molecule has 0 saturated carbocycles. The summed E-state index contributed by atoms with van der Waals surface area (Å²) in [5.74, 6) is 0.622. The fourth-order valence-corrected chi connectivity index (χ4v) is 2.29. The van der Waals surface area contributed by atoms with Gasteiger partial charge in [0.2, 0.25) is 0 Å². The molecule has 0 spiro atoms. The van der Waals surface area contributed by atoms with Crippen LogP contribution in [0.2, 0.25) is 0 Å². The molecule has 1 unspecified atom stereocenters. The molecule has 0 aliphatic rings. The molecular formula is C12H12N4S. The van der Waals surface area contributed by atoms with Crippen molar-refractivity contribution >= 4 is 17.2 Å². The molecule has 1 atom stereocenters. The largest absolute Gasteiger partial charge is 0.360 e. The Morgan fingerprint density at radius 3 is 3.00 bits per heavy atom. The summed E-state index contributed by atoms with van der Waals surface area (Å²) in [5, 5.41) is 15.2. The van der Waals surface area contributed by atoms with E-state index in [1.54, 1.807) is 35.9 Å². The maximum atomic E-state index is 8.99. The second-order valence-corrected chi connectivity index (χ2v) is 4.41. The third-order valence-electron chi connectivity index (χ3n) is 2.40. The predicted molar refractivity (Wildman–Crippen MR) is 67.7 cm³/mol. The van der Waals surface area contributed by atoms with Crippen molar-refractivity contribution in [3.63, 3.8) is 0 Å². The van der Waals surface area contributed by atoms with Crippen LogP contribution in [-0.4, -0.2) is 9.97 Å². The maximum absolute atomic E-state index is 8.99. The zero-order valence-corrected chi connectivity index (χ0v) is 10.2. The highest BCUT2D eigenvalue weighted by Crippen LogP contribution is 2.24. The fourth-order valence-electron chi connectivity index (χ4n) is 1.52. The van der Waals surface area contributed by atoms with Crippen LogP contribution in [0.3, 0.4) is 0 Å². The quantitative estimate of drug-likeness (QED) is 0.898. The van der Waals surface area contributed by atoms with E-state index >= 15 is 0 Å². The van der Waals surface area contributed by atoms with Crippen molar-refractivity contribution in [2.75, 3.05) is 5.32 Å². The second kappa shape index (κ2) is 5.41. The van der Waals surface area contributed by atoms with Gasteiger partial charge in [0.25, 0.3) is 0 Å². The van der Waals surface area contributed by atoms with E-state index in [-0.39, 0.29) is 6.04 Å². The molecule has 2 heterocycles. The van der Waals surface area contributed by atoms with Crippen molar-refractivity contribution in [1.82, 2.24) is 9.97 Å². The molecular weight excluding hydrogens is 232 g/mol. The number of nitrogens with zero attached hydrogens (tertiary/aromatic N) is 3. The van der Waals surface area contributed by atoms with Gasteiger partial charge < -0.3 is 5.32 Å². The predicted octanol–water partition coefficient (Wildman–Crippen LogP) is 2.97. The van der Waals surface area contributed by atoms with Crippen LogP contribution in [0.25, 0.3) is 0 Å². The minimum atomic E-state index is 0.108. The van der Waals surface area contributed by atoms with E-state index in [1.165, 1.54) is 0 Å². The molecule has 0 aliphatic heterocycles. The minimum absolute atomic E-state index is 0.108. The van der Waals surface area contributed by atoms with Crippen LogP contribution in [0, 0.1) is 11.3 Å². The van der Waals surface area contributed by atoms with Gasteiger partial charge in [-0.3, -0.25) is 0 Å². The molecule has 2 aromatic heterocycles. The first-order valence-electron chi connectivity index (χ1n) is 5.36. The lowest BCUT2D eigenvalue weighted by Crippen LogP contribution is -2.11. The Hall–Kier alpha value is -1.93. The van der Waals surface area contributed by atoms with Crippen molar-refractivity contribution in [1.29, 1.82) is 5.26 Å². The zero-order chi connectivity index (χ0) is 12.1. The number of anilines is 1. The van der Waals surface area contributed by atoms with E-state index in [2.05, 4.69) is 28.3 Å². The molecule has 0 bridgehead atoms. The van der Waals surface area contributed by atoms with E-state index in [0.29, 0.717) is 11.4 Å². The second-order valence-electron chi connectivity index (χ2n) is 3.49. The summed E-state index contributed by atoms with van der Waals surface area (Å²) in [6, 6.07) is 5.75.